The molecule has 1 N–H and O–H groups in total. The number of nitrogens with zero attached hydrogens (tertiary/aromatic N) is 2. The zero-order valence-electron chi connectivity index (χ0n) is 23.2. The quantitative estimate of drug-likeness (QED) is 0.163. The van der Waals surface area contributed by atoms with Gasteiger partial charge in [-0.05, 0) is 42.2 Å². The van der Waals surface area contributed by atoms with Crippen molar-refractivity contribution in [3.63, 3.8) is 0 Å². The second-order valence-electron chi connectivity index (χ2n) is 10.5. The maximum atomic E-state index is 13.0. The maximum absolute atomic E-state index is 13.0. The molecule has 1 amide bonds. The fourth-order valence-electron chi connectivity index (χ4n) is 5.23. The molecule has 0 fully saturated rings. The summed E-state index contributed by atoms with van der Waals surface area (Å²) in [6, 6.07) is 26.7. The van der Waals surface area contributed by atoms with Crippen LogP contribution in [0.3, 0.4) is 0 Å². The Bertz CT molecular complexity index is 1260. The predicted molar refractivity (Wildman–Crippen MR) is 159 cm³/mol. The van der Waals surface area contributed by atoms with Crippen LogP contribution in [0.15, 0.2) is 78.9 Å². The van der Waals surface area contributed by atoms with E-state index < -0.39 is 0 Å². The maximum Gasteiger partial charge on any atom is 0.224 e. The van der Waals surface area contributed by atoms with Gasteiger partial charge in [0.1, 0.15) is 5.82 Å². The highest BCUT2D eigenvalue weighted by Gasteiger charge is 2.18. The average Bonchev–Trinajstić information content (AvgIpc) is 3.32. The summed E-state index contributed by atoms with van der Waals surface area (Å²) in [5.74, 6) is 0.963. The number of carbonyl (C=O) groups is 1. The van der Waals surface area contributed by atoms with Crippen molar-refractivity contribution in [1.29, 1.82) is 0 Å². The monoisotopic (exact) mass is 509 g/mol. The highest BCUT2D eigenvalue weighted by atomic mass is 16.1. The number of amides is 1. The molecule has 0 saturated carbocycles. The van der Waals surface area contributed by atoms with E-state index in [2.05, 4.69) is 59.3 Å². The van der Waals surface area contributed by atoms with E-state index in [1.807, 2.05) is 43.3 Å². The van der Waals surface area contributed by atoms with Crippen LogP contribution in [0.25, 0.3) is 22.2 Å². The normalized spacial score (nSPS) is 12.1. The van der Waals surface area contributed by atoms with E-state index in [4.69, 9.17) is 4.98 Å². The van der Waals surface area contributed by atoms with Gasteiger partial charge in [-0.15, -0.1) is 0 Å². The first-order chi connectivity index (χ1) is 18.7. The van der Waals surface area contributed by atoms with Crippen LogP contribution in [0.4, 0.5) is 0 Å². The highest BCUT2D eigenvalue weighted by molar-refractivity contribution is 5.80. The van der Waals surface area contributed by atoms with Crippen LogP contribution in [0, 0.1) is 0 Å². The smallest absolute Gasteiger partial charge is 0.224 e. The zero-order valence-corrected chi connectivity index (χ0v) is 23.2. The van der Waals surface area contributed by atoms with Crippen LogP contribution in [-0.4, -0.2) is 15.5 Å². The lowest BCUT2D eigenvalue weighted by molar-refractivity contribution is -0.121. The van der Waals surface area contributed by atoms with E-state index >= 15 is 0 Å². The highest BCUT2D eigenvalue weighted by Crippen LogP contribution is 2.23. The molecule has 1 atom stereocenters. The van der Waals surface area contributed by atoms with Crippen LogP contribution < -0.4 is 5.32 Å². The largest absolute Gasteiger partial charge is 0.346 e. The van der Waals surface area contributed by atoms with Gasteiger partial charge in [0, 0.05) is 6.54 Å². The Morgan fingerprint density at radius 2 is 1.37 bits per heavy atom. The molecule has 38 heavy (non-hydrogen) atoms. The molecule has 0 aliphatic rings. The average molecular weight is 510 g/mol. The molecule has 0 spiro atoms. The summed E-state index contributed by atoms with van der Waals surface area (Å²) in [6.07, 6.45) is 12.1. The van der Waals surface area contributed by atoms with Crippen molar-refractivity contribution in [1.82, 2.24) is 14.9 Å². The number of imidazole rings is 1. The Morgan fingerprint density at radius 3 is 2.08 bits per heavy atom. The summed E-state index contributed by atoms with van der Waals surface area (Å²) in [4.78, 5) is 17.9. The third kappa shape index (κ3) is 7.80. The Labute approximate surface area is 228 Å². The number of para-hydroxylation sites is 2. The van der Waals surface area contributed by atoms with Crippen molar-refractivity contribution in [2.45, 2.75) is 90.6 Å². The molecule has 0 saturated heterocycles. The minimum absolute atomic E-state index is 0.0200. The van der Waals surface area contributed by atoms with Crippen molar-refractivity contribution in [2.24, 2.45) is 0 Å². The Hall–Kier alpha value is -3.40. The second kappa shape index (κ2) is 14.5. The molecular formula is C34H43N3O. The molecular weight excluding hydrogens is 466 g/mol. The first-order valence-corrected chi connectivity index (χ1v) is 14.5. The summed E-state index contributed by atoms with van der Waals surface area (Å²) in [5, 5.41) is 3.21. The van der Waals surface area contributed by atoms with Crippen LogP contribution in [0.2, 0.25) is 0 Å². The number of carbonyl (C=O) groups excluding carboxylic acids is 1. The number of fused-ring (bicyclic) bond motifs is 1. The minimum Gasteiger partial charge on any atom is -0.346 e. The molecule has 200 valence electrons. The molecule has 0 radical (unpaired) electrons. The number of unbranched alkanes of at least 4 members (excludes halogenated alkanes) is 8. The molecule has 4 aromatic rings. The fraction of sp³-hybridized carbons (Fsp3) is 0.412. The molecule has 1 heterocycles. The number of benzene rings is 3. The molecule has 3 aromatic carbocycles. The van der Waals surface area contributed by atoms with Crippen LogP contribution in [0.5, 0.6) is 0 Å². The van der Waals surface area contributed by atoms with Crippen molar-refractivity contribution < 1.29 is 4.79 Å². The molecule has 1 aromatic heterocycles. The molecule has 4 heteroatoms. The summed E-state index contributed by atoms with van der Waals surface area (Å²) < 4.78 is 2.32. The van der Waals surface area contributed by atoms with Gasteiger partial charge in [0.2, 0.25) is 5.91 Å². The number of aryl methyl sites for hydroxylation is 1. The third-order valence-corrected chi connectivity index (χ3v) is 7.36. The van der Waals surface area contributed by atoms with E-state index in [0.29, 0.717) is 6.42 Å². The van der Waals surface area contributed by atoms with Gasteiger partial charge >= 0.3 is 0 Å². The molecule has 0 aliphatic carbocycles. The van der Waals surface area contributed by atoms with Gasteiger partial charge in [0.05, 0.1) is 23.5 Å². The minimum atomic E-state index is -0.156. The van der Waals surface area contributed by atoms with Gasteiger partial charge in [-0.2, -0.15) is 0 Å². The molecule has 0 bridgehead atoms. The van der Waals surface area contributed by atoms with Crippen molar-refractivity contribution in [3.05, 3.63) is 90.3 Å². The van der Waals surface area contributed by atoms with E-state index in [9.17, 15) is 4.79 Å². The van der Waals surface area contributed by atoms with E-state index in [0.717, 1.165) is 41.0 Å². The SMILES string of the molecule is CCCCCCCCCCCn1c(C(C)NC(=O)Cc2ccc(-c3ccccc3)cc2)nc2ccccc21. The van der Waals surface area contributed by atoms with E-state index in [1.54, 1.807) is 0 Å². The zero-order chi connectivity index (χ0) is 26.6. The van der Waals surface area contributed by atoms with E-state index in [1.165, 1.54) is 56.9 Å². The van der Waals surface area contributed by atoms with Crippen LogP contribution >= 0.6 is 0 Å². The number of rotatable bonds is 15. The van der Waals surface area contributed by atoms with Gasteiger partial charge < -0.3 is 9.88 Å². The first kappa shape index (κ1) is 27.6. The number of aromatic nitrogens is 2. The molecule has 4 rings (SSSR count). The van der Waals surface area contributed by atoms with Crippen molar-refractivity contribution >= 4 is 16.9 Å². The fourth-order valence-corrected chi connectivity index (χ4v) is 5.23. The van der Waals surface area contributed by atoms with Gasteiger partial charge in [0.25, 0.3) is 0 Å². The van der Waals surface area contributed by atoms with Crippen molar-refractivity contribution in [2.75, 3.05) is 0 Å². The number of hydrogen-bond donors (Lipinski definition) is 1. The topological polar surface area (TPSA) is 46.9 Å². The molecule has 1 unspecified atom stereocenters. The van der Waals surface area contributed by atoms with Crippen LogP contribution in [0.1, 0.15) is 89.1 Å². The van der Waals surface area contributed by atoms with E-state index in [-0.39, 0.29) is 11.9 Å². The summed E-state index contributed by atoms with van der Waals surface area (Å²) in [5.41, 5.74) is 5.50. The van der Waals surface area contributed by atoms with Gasteiger partial charge in [-0.1, -0.05) is 125 Å². The lowest BCUT2D eigenvalue weighted by atomic mass is 10.0. The summed E-state index contributed by atoms with van der Waals surface area (Å²) in [7, 11) is 0. The number of nitrogens with one attached hydrogen (secondary N) is 1. The van der Waals surface area contributed by atoms with Crippen LogP contribution in [-0.2, 0) is 17.8 Å². The standard InChI is InChI=1S/C34H43N3O/c1-3-4-5-6-7-8-9-10-16-25-37-32-20-15-14-19-31(32)36-34(37)27(2)35-33(38)26-28-21-23-30(24-22-28)29-17-12-11-13-18-29/h11-15,17-24,27H,3-10,16,25-26H2,1-2H3,(H,35,38). The van der Waals surface area contributed by atoms with Gasteiger partial charge in [-0.25, -0.2) is 4.98 Å². The predicted octanol–water partition coefficient (Wildman–Crippen LogP) is 8.65. The first-order valence-electron chi connectivity index (χ1n) is 14.5. The summed E-state index contributed by atoms with van der Waals surface area (Å²) >= 11 is 0. The molecule has 0 aliphatic heterocycles. The number of hydrogen-bond acceptors (Lipinski definition) is 2. The van der Waals surface area contributed by atoms with Gasteiger partial charge in [0.15, 0.2) is 0 Å². The lowest BCUT2D eigenvalue weighted by Gasteiger charge is -2.17. The lowest BCUT2D eigenvalue weighted by Crippen LogP contribution is -2.30. The Balaban J connectivity index is 1.32. The van der Waals surface area contributed by atoms with Crippen molar-refractivity contribution in [3.8, 4) is 11.1 Å². The van der Waals surface area contributed by atoms with Gasteiger partial charge in [-0.3, -0.25) is 4.79 Å². The summed E-state index contributed by atoms with van der Waals surface area (Å²) in [6.45, 7) is 5.25. The second-order valence-corrected chi connectivity index (χ2v) is 10.5. The molecule has 4 nitrogen and oxygen atoms in total. The third-order valence-electron chi connectivity index (χ3n) is 7.36. The Morgan fingerprint density at radius 1 is 0.763 bits per heavy atom. The Kier molecular flexibility index (Phi) is 10.6.